The van der Waals surface area contributed by atoms with Crippen molar-refractivity contribution < 1.29 is 9.53 Å². The lowest BCUT2D eigenvalue weighted by Crippen LogP contribution is -2.52. The van der Waals surface area contributed by atoms with Crippen LogP contribution in [0.1, 0.15) is 48.5 Å². The first-order valence-electron chi connectivity index (χ1n) is 10.9. The van der Waals surface area contributed by atoms with Gasteiger partial charge in [0, 0.05) is 18.4 Å². The summed E-state index contributed by atoms with van der Waals surface area (Å²) in [7, 11) is 0. The Hall–Kier alpha value is -2.40. The zero-order chi connectivity index (χ0) is 19.8. The maximum atomic E-state index is 12.6. The molecular weight excluding hydrogens is 362 g/mol. The molecule has 3 fully saturated rings. The Morgan fingerprint density at radius 1 is 1.14 bits per heavy atom. The molecule has 4 heterocycles. The molecule has 6 rings (SSSR count). The molecule has 3 saturated heterocycles. The smallest absolute Gasteiger partial charge is 0.407 e. The van der Waals surface area contributed by atoms with Gasteiger partial charge in [-0.1, -0.05) is 18.2 Å². The Bertz CT molecular complexity index is 905. The molecule has 1 N–H and O–H groups in total. The van der Waals surface area contributed by atoms with Crippen LogP contribution in [0.2, 0.25) is 0 Å². The summed E-state index contributed by atoms with van der Waals surface area (Å²) in [5, 5.41) is 3.16. The van der Waals surface area contributed by atoms with Gasteiger partial charge in [-0.3, -0.25) is 9.88 Å². The number of amides is 1. The minimum atomic E-state index is -0.254. The normalized spacial score (nSPS) is 27.9. The van der Waals surface area contributed by atoms with E-state index in [4.69, 9.17) is 4.74 Å². The molecule has 0 spiro atoms. The highest BCUT2D eigenvalue weighted by molar-refractivity contribution is 5.69. The van der Waals surface area contributed by atoms with Gasteiger partial charge >= 0.3 is 6.09 Å². The van der Waals surface area contributed by atoms with E-state index in [1.807, 2.05) is 13.1 Å². The lowest BCUT2D eigenvalue weighted by molar-refractivity contribution is -0.0340. The number of fused-ring (bicyclic) bond motifs is 4. The number of hydrogen-bond donors (Lipinski definition) is 1. The van der Waals surface area contributed by atoms with Gasteiger partial charge in [0.05, 0.1) is 6.04 Å². The van der Waals surface area contributed by atoms with E-state index in [1.165, 1.54) is 22.3 Å². The summed E-state index contributed by atoms with van der Waals surface area (Å²) in [5.74, 6) is 0.538. The second-order valence-electron chi connectivity index (χ2n) is 8.77. The van der Waals surface area contributed by atoms with Crippen molar-refractivity contribution in [3.63, 3.8) is 0 Å². The summed E-state index contributed by atoms with van der Waals surface area (Å²) >= 11 is 0. The van der Waals surface area contributed by atoms with Gasteiger partial charge in [-0.25, -0.2) is 4.79 Å². The van der Waals surface area contributed by atoms with Crippen molar-refractivity contribution in [1.82, 2.24) is 15.2 Å². The van der Waals surface area contributed by atoms with E-state index in [0.29, 0.717) is 5.92 Å². The standard InChI is InChI=1S/C24H29N3O2/c1-16-13-19(7-10-25-16)18-5-6-21-20(14-18)3-2-4-22(21)26-24(28)29-23-15-27-11-8-17(23)9-12-27/h5-7,10,13-14,17,22-23H,2-4,8-9,11-12,15H2,1H3,(H,26,28)/t22?,23-/m0/s1. The van der Waals surface area contributed by atoms with Crippen molar-refractivity contribution in [2.75, 3.05) is 19.6 Å². The fourth-order valence-corrected chi connectivity index (χ4v) is 5.23. The maximum Gasteiger partial charge on any atom is 0.407 e. The highest BCUT2D eigenvalue weighted by atomic mass is 16.6. The van der Waals surface area contributed by atoms with E-state index >= 15 is 0 Å². The van der Waals surface area contributed by atoms with Crippen LogP contribution >= 0.6 is 0 Å². The monoisotopic (exact) mass is 391 g/mol. The molecule has 1 unspecified atom stereocenters. The number of carbonyl (C=O) groups excluding carboxylic acids is 1. The summed E-state index contributed by atoms with van der Waals surface area (Å²) in [6.07, 6.45) is 7.07. The van der Waals surface area contributed by atoms with E-state index in [-0.39, 0.29) is 18.2 Å². The quantitative estimate of drug-likeness (QED) is 0.850. The molecule has 2 atom stereocenters. The zero-order valence-corrected chi connectivity index (χ0v) is 17.1. The molecule has 2 bridgehead atoms. The number of rotatable bonds is 3. The molecule has 1 aromatic carbocycles. The van der Waals surface area contributed by atoms with Crippen molar-refractivity contribution in [3.05, 3.63) is 53.3 Å². The lowest BCUT2D eigenvalue weighted by Gasteiger charge is -2.44. The topological polar surface area (TPSA) is 54.5 Å². The van der Waals surface area contributed by atoms with E-state index in [0.717, 1.165) is 57.4 Å². The molecule has 3 aliphatic heterocycles. The first kappa shape index (κ1) is 18.6. The van der Waals surface area contributed by atoms with Gasteiger partial charge in [-0.15, -0.1) is 0 Å². The zero-order valence-electron chi connectivity index (χ0n) is 17.1. The number of aryl methyl sites for hydroxylation is 2. The van der Waals surface area contributed by atoms with Crippen LogP contribution in [0.5, 0.6) is 0 Å². The number of hydrogen-bond acceptors (Lipinski definition) is 4. The highest BCUT2D eigenvalue weighted by Crippen LogP contribution is 2.34. The highest BCUT2D eigenvalue weighted by Gasteiger charge is 2.37. The van der Waals surface area contributed by atoms with E-state index in [1.54, 1.807) is 0 Å². The number of carbonyl (C=O) groups is 1. The summed E-state index contributed by atoms with van der Waals surface area (Å²) in [6.45, 7) is 5.22. The number of aromatic nitrogens is 1. The van der Waals surface area contributed by atoms with Crippen LogP contribution in [0.4, 0.5) is 4.79 Å². The Labute approximate surface area is 172 Å². The van der Waals surface area contributed by atoms with Gasteiger partial charge in [-0.2, -0.15) is 0 Å². The van der Waals surface area contributed by atoms with Crippen LogP contribution in [0.3, 0.4) is 0 Å². The van der Waals surface area contributed by atoms with Crippen LogP contribution in [-0.4, -0.2) is 41.7 Å². The van der Waals surface area contributed by atoms with Gasteiger partial charge in [0.1, 0.15) is 6.10 Å². The number of nitrogens with one attached hydrogen (secondary N) is 1. The number of ether oxygens (including phenoxy) is 1. The van der Waals surface area contributed by atoms with E-state index in [2.05, 4.69) is 45.5 Å². The Morgan fingerprint density at radius 2 is 1.97 bits per heavy atom. The fourth-order valence-electron chi connectivity index (χ4n) is 5.23. The summed E-state index contributed by atoms with van der Waals surface area (Å²) in [4.78, 5) is 19.3. The van der Waals surface area contributed by atoms with Gasteiger partial charge < -0.3 is 10.1 Å². The molecule has 5 nitrogen and oxygen atoms in total. The van der Waals surface area contributed by atoms with Crippen molar-refractivity contribution in [2.24, 2.45) is 5.92 Å². The Morgan fingerprint density at radius 3 is 2.72 bits per heavy atom. The van der Waals surface area contributed by atoms with Crippen LogP contribution in [-0.2, 0) is 11.2 Å². The van der Waals surface area contributed by atoms with E-state index < -0.39 is 0 Å². The second kappa shape index (κ2) is 7.79. The number of alkyl carbamates (subject to hydrolysis) is 1. The third-order valence-corrected chi connectivity index (χ3v) is 6.83. The second-order valence-corrected chi connectivity index (χ2v) is 8.77. The molecule has 29 heavy (non-hydrogen) atoms. The van der Waals surface area contributed by atoms with Gasteiger partial charge in [0.25, 0.3) is 0 Å². The summed E-state index contributed by atoms with van der Waals surface area (Å²) < 4.78 is 5.85. The minimum Gasteiger partial charge on any atom is -0.445 e. The minimum absolute atomic E-state index is 0.0422. The molecule has 2 aromatic rings. The SMILES string of the molecule is Cc1cc(-c2ccc3c(c2)CCCC3NC(=O)O[C@H]2CN3CCC2CC3)ccn1. The Kier molecular flexibility index (Phi) is 5.00. The van der Waals surface area contributed by atoms with Crippen LogP contribution in [0.25, 0.3) is 11.1 Å². The van der Waals surface area contributed by atoms with Crippen molar-refractivity contribution in [2.45, 2.75) is 51.2 Å². The van der Waals surface area contributed by atoms with Gasteiger partial charge in [0.15, 0.2) is 0 Å². The molecule has 152 valence electrons. The molecule has 1 aromatic heterocycles. The molecule has 1 amide bonds. The average molecular weight is 392 g/mol. The van der Waals surface area contributed by atoms with Crippen LogP contribution < -0.4 is 5.32 Å². The number of pyridine rings is 1. The molecule has 4 aliphatic rings. The lowest BCUT2D eigenvalue weighted by atomic mass is 9.85. The molecule has 1 aliphatic carbocycles. The number of piperidine rings is 3. The molecular formula is C24H29N3O2. The van der Waals surface area contributed by atoms with Crippen molar-refractivity contribution >= 4 is 6.09 Å². The predicted octanol–water partition coefficient (Wildman–Crippen LogP) is 4.25. The van der Waals surface area contributed by atoms with Gasteiger partial charge in [-0.05, 0) is 92.4 Å². The van der Waals surface area contributed by atoms with Crippen LogP contribution in [0, 0.1) is 12.8 Å². The molecule has 0 saturated carbocycles. The maximum absolute atomic E-state index is 12.6. The predicted molar refractivity (Wildman–Crippen MR) is 113 cm³/mol. The molecule has 5 heteroatoms. The fraction of sp³-hybridized carbons (Fsp3) is 0.500. The third-order valence-electron chi connectivity index (χ3n) is 6.83. The molecule has 0 radical (unpaired) electrons. The van der Waals surface area contributed by atoms with Crippen molar-refractivity contribution in [3.8, 4) is 11.1 Å². The number of benzene rings is 1. The van der Waals surface area contributed by atoms with E-state index in [9.17, 15) is 4.79 Å². The summed E-state index contributed by atoms with van der Waals surface area (Å²) in [6, 6.07) is 10.8. The van der Waals surface area contributed by atoms with Crippen LogP contribution in [0.15, 0.2) is 36.5 Å². The van der Waals surface area contributed by atoms with Gasteiger partial charge in [0.2, 0.25) is 0 Å². The average Bonchev–Trinajstić information content (AvgIpc) is 2.74. The largest absolute Gasteiger partial charge is 0.445 e. The number of nitrogens with zero attached hydrogens (tertiary/aromatic N) is 2. The van der Waals surface area contributed by atoms with Crippen molar-refractivity contribution in [1.29, 1.82) is 0 Å². The first-order chi connectivity index (χ1) is 14.2. The summed E-state index contributed by atoms with van der Waals surface area (Å²) in [5.41, 5.74) is 5.99. The third kappa shape index (κ3) is 3.88. The Balaban J connectivity index is 1.28. The first-order valence-corrected chi connectivity index (χ1v) is 10.9.